The van der Waals surface area contributed by atoms with E-state index in [1.807, 2.05) is 0 Å². The van der Waals surface area contributed by atoms with Crippen molar-refractivity contribution in [1.82, 2.24) is 19.5 Å². The third-order valence-electron chi connectivity index (χ3n) is 4.59. The summed E-state index contributed by atoms with van der Waals surface area (Å²) in [5.41, 5.74) is 0.741. The largest absolute Gasteiger partial charge is 0.388 e. The number of halogens is 1. The third kappa shape index (κ3) is 4.88. The number of fused-ring (bicyclic) bond motifs is 1. The summed E-state index contributed by atoms with van der Waals surface area (Å²) in [4.78, 5) is 13.2. The lowest BCUT2D eigenvalue weighted by Gasteiger charge is -2.17. The molecule has 0 amide bonds. The molecule has 0 bridgehead atoms. The molecule has 1 saturated heterocycles. The van der Waals surface area contributed by atoms with Crippen LogP contribution >= 0.6 is 11.6 Å². The monoisotopic (exact) mass is 416 g/mol. The molecule has 1 aliphatic rings. The molecule has 1 aliphatic heterocycles. The van der Waals surface area contributed by atoms with Crippen LogP contribution in [0.1, 0.15) is 70.2 Å². The molecular weight excluding hydrogens is 392 g/mol. The second-order valence-corrected chi connectivity index (χ2v) is 7.27. The Balaban J connectivity index is 2.08. The Kier molecular flexibility index (Phi) is 7.46. The van der Waals surface area contributed by atoms with Gasteiger partial charge in [0.25, 0.3) is 0 Å². The SMILES string of the molecule is CCCCC#Cc1nc(Cl)c2nc(C#CCCCC)n([C@@H]3OC[C@@H](O)[C@H]3O)c2n1. The molecule has 0 radical (unpaired) electrons. The van der Waals surface area contributed by atoms with Crippen molar-refractivity contribution >= 4 is 22.8 Å². The molecule has 0 unspecified atom stereocenters. The van der Waals surface area contributed by atoms with Crippen LogP contribution in [0.5, 0.6) is 0 Å². The van der Waals surface area contributed by atoms with Crippen LogP contribution < -0.4 is 0 Å². The third-order valence-corrected chi connectivity index (χ3v) is 4.85. The molecule has 3 atom stereocenters. The number of hydrogen-bond acceptors (Lipinski definition) is 6. The molecule has 3 rings (SSSR count). The second-order valence-electron chi connectivity index (χ2n) is 6.91. The normalized spacial score (nSPS) is 20.9. The van der Waals surface area contributed by atoms with Crippen LogP contribution in [0.2, 0.25) is 5.15 Å². The summed E-state index contributed by atoms with van der Waals surface area (Å²) in [6, 6.07) is 0. The summed E-state index contributed by atoms with van der Waals surface area (Å²) in [5.74, 6) is 12.7. The van der Waals surface area contributed by atoms with Gasteiger partial charge in [0, 0.05) is 12.8 Å². The van der Waals surface area contributed by atoms with Crippen molar-refractivity contribution in [2.45, 2.75) is 70.8 Å². The van der Waals surface area contributed by atoms with E-state index in [2.05, 4.69) is 52.5 Å². The van der Waals surface area contributed by atoms with Crippen LogP contribution in [0.25, 0.3) is 11.2 Å². The summed E-state index contributed by atoms with van der Waals surface area (Å²) >= 11 is 6.35. The van der Waals surface area contributed by atoms with Crippen LogP contribution in [-0.2, 0) is 4.74 Å². The number of hydrogen-bond donors (Lipinski definition) is 2. The average Bonchev–Trinajstić information content (AvgIpc) is 3.23. The Morgan fingerprint density at radius 1 is 1.07 bits per heavy atom. The predicted octanol–water partition coefficient (Wildman–Crippen LogP) is 2.81. The van der Waals surface area contributed by atoms with E-state index in [0.717, 1.165) is 38.5 Å². The van der Waals surface area contributed by atoms with Gasteiger partial charge < -0.3 is 14.9 Å². The molecule has 0 spiro atoms. The van der Waals surface area contributed by atoms with Crippen molar-refractivity contribution in [3.05, 3.63) is 16.8 Å². The Bertz CT molecular complexity index is 983. The van der Waals surface area contributed by atoms with Gasteiger partial charge in [-0.3, -0.25) is 4.57 Å². The average molecular weight is 417 g/mol. The Morgan fingerprint density at radius 3 is 2.38 bits per heavy atom. The van der Waals surface area contributed by atoms with Gasteiger partial charge in [-0.25, -0.2) is 15.0 Å². The fourth-order valence-corrected chi connectivity index (χ4v) is 3.16. The molecule has 7 nitrogen and oxygen atoms in total. The zero-order valence-corrected chi connectivity index (χ0v) is 17.4. The molecule has 1 fully saturated rings. The summed E-state index contributed by atoms with van der Waals surface area (Å²) in [6.45, 7) is 4.21. The topological polar surface area (TPSA) is 93.3 Å². The predicted molar refractivity (Wildman–Crippen MR) is 110 cm³/mol. The van der Waals surface area contributed by atoms with Crippen LogP contribution in [0.3, 0.4) is 0 Å². The number of aromatic nitrogens is 4. The Labute approximate surface area is 175 Å². The summed E-state index contributed by atoms with van der Waals surface area (Å²) < 4.78 is 7.19. The van der Waals surface area contributed by atoms with Crippen molar-refractivity contribution in [3.63, 3.8) is 0 Å². The van der Waals surface area contributed by atoms with Gasteiger partial charge in [-0.15, -0.1) is 0 Å². The highest BCUT2D eigenvalue weighted by Gasteiger charge is 2.38. The number of nitrogens with zero attached hydrogens (tertiary/aromatic N) is 4. The number of ether oxygens (including phenoxy) is 1. The van der Waals surface area contributed by atoms with Crippen molar-refractivity contribution in [2.75, 3.05) is 6.61 Å². The highest BCUT2D eigenvalue weighted by atomic mass is 35.5. The van der Waals surface area contributed by atoms with Gasteiger partial charge in [0.1, 0.15) is 17.7 Å². The maximum absolute atomic E-state index is 10.4. The molecule has 2 N–H and O–H groups in total. The molecular formula is C21H25ClN4O3. The molecule has 29 heavy (non-hydrogen) atoms. The van der Waals surface area contributed by atoms with Crippen LogP contribution in [0.15, 0.2) is 0 Å². The lowest BCUT2D eigenvalue weighted by Crippen LogP contribution is -2.29. The highest BCUT2D eigenvalue weighted by molar-refractivity contribution is 6.33. The minimum atomic E-state index is -1.13. The minimum Gasteiger partial charge on any atom is -0.388 e. The number of aliphatic hydroxyl groups excluding tert-OH is 2. The summed E-state index contributed by atoms with van der Waals surface area (Å²) in [6.07, 6.45) is 2.56. The van der Waals surface area contributed by atoms with Crippen LogP contribution in [0.4, 0.5) is 0 Å². The molecule has 154 valence electrons. The number of unbranched alkanes of at least 4 members (excludes halogenated alkanes) is 4. The van der Waals surface area contributed by atoms with Gasteiger partial charge in [-0.2, -0.15) is 0 Å². The first-order valence-corrected chi connectivity index (χ1v) is 10.4. The van der Waals surface area contributed by atoms with E-state index < -0.39 is 18.4 Å². The fraction of sp³-hybridized carbons (Fsp3) is 0.571. The first kappa shape index (κ1) is 21.5. The van der Waals surface area contributed by atoms with Gasteiger partial charge in [-0.1, -0.05) is 50.1 Å². The molecule has 0 aliphatic carbocycles. The number of imidazole rings is 1. The van der Waals surface area contributed by atoms with Gasteiger partial charge in [0.15, 0.2) is 22.9 Å². The first-order valence-electron chi connectivity index (χ1n) is 9.97. The number of rotatable bonds is 5. The zero-order valence-electron chi connectivity index (χ0n) is 16.7. The van der Waals surface area contributed by atoms with E-state index >= 15 is 0 Å². The summed E-state index contributed by atoms with van der Waals surface area (Å²) in [7, 11) is 0. The van der Waals surface area contributed by atoms with E-state index in [0.29, 0.717) is 17.0 Å². The molecule has 3 heterocycles. The molecule has 2 aromatic heterocycles. The van der Waals surface area contributed by atoms with Gasteiger partial charge in [0.2, 0.25) is 5.82 Å². The lowest BCUT2D eigenvalue weighted by molar-refractivity contribution is -0.0167. The zero-order chi connectivity index (χ0) is 20.8. The quantitative estimate of drug-likeness (QED) is 0.442. The Morgan fingerprint density at radius 2 is 1.76 bits per heavy atom. The van der Waals surface area contributed by atoms with Crippen molar-refractivity contribution in [2.24, 2.45) is 0 Å². The van der Waals surface area contributed by atoms with Crippen LogP contribution in [-0.4, -0.2) is 48.5 Å². The fourth-order valence-electron chi connectivity index (χ4n) is 2.95. The van der Waals surface area contributed by atoms with E-state index in [4.69, 9.17) is 16.3 Å². The van der Waals surface area contributed by atoms with E-state index in [-0.39, 0.29) is 17.6 Å². The molecule has 8 heteroatoms. The number of aliphatic hydroxyl groups is 2. The van der Waals surface area contributed by atoms with Gasteiger partial charge >= 0.3 is 0 Å². The van der Waals surface area contributed by atoms with Gasteiger partial charge in [-0.05, 0) is 24.7 Å². The van der Waals surface area contributed by atoms with E-state index in [9.17, 15) is 10.2 Å². The maximum atomic E-state index is 10.4. The molecule has 0 aromatic carbocycles. The van der Waals surface area contributed by atoms with E-state index in [1.54, 1.807) is 4.57 Å². The van der Waals surface area contributed by atoms with Crippen molar-refractivity contribution < 1.29 is 14.9 Å². The first-order chi connectivity index (χ1) is 14.1. The smallest absolute Gasteiger partial charge is 0.208 e. The van der Waals surface area contributed by atoms with E-state index in [1.165, 1.54) is 0 Å². The van der Waals surface area contributed by atoms with Gasteiger partial charge in [0.05, 0.1) is 6.61 Å². The molecule has 0 saturated carbocycles. The summed E-state index contributed by atoms with van der Waals surface area (Å²) in [5, 5.41) is 20.5. The van der Waals surface area contributed by atoms with Crippen LogP contribution in [0, 0.1) is 23.7 Å². The highest BCUT2D eigenvalue weighted by Crippen LogP contribution is 2.31. The maximum Gasteiger partial charge on any atom is 0.208 e. The van der Waals surface area contributed by atoms with Crippen molar-refractivity contribution in [3.8, 4) is 23.7 Å². The Hall–Kier alpha value is -2.16. The van der Waals surface area contributed by atoms with Crippen molar-refractivity contribution in [1.29, 1.82) is 0 Å². The standard InChI is InChI=1S/C21H25ClN4O3/c1-3-5-7-9-11-15-23-19(22)17-20(24-15)26(21-18(28)14(27)13-29-21)16(25-17)12-10-8-6-4-2/h14,18,21,27-28H,3-8,13H2,1-2H3/t14-,18-,21-/m1/s1. The minimum absolute atomic E-state index is 0.0106. The molecule has 2 aromatic rings. The second kappa shape index (κ2) is 10.0. The lowest BCUT2D eigenvalue weighted by atomic mass is 10.2.